The highest BCUT2D eigenvalue weighted by Gasteiger charge is 2.03. The van der Waals surface area contributed by atoms with E-state index < -0.39 is 0 Å². The molecule has 21 heavy (non-hydrogen) atoms. The van der Waals surface area contributed by atoms with Crippen LogP contribution in [0.25, 0.3) is 10.9 Å². The molecule has 2 N–H and O–H groups in total. The van der Waals surface area contributed by atoms with Crippen molar-refractivity contribution in [2.75, 3.05) is 12.8 Å². The Bertz CT molecular complexity index is 833. The van der Waals surface area contributed by atoms with Crippen LogP contribution >= 0.6 is 0 Å². The molecule has 0 aliphatic rings. The van der Waals surface area contributed by atoms with Gasteiger partial charge in [-0.2, -0.15) is 0 Å². The number of aryl methyl sites for hydroxylation is 2. The summed E-state index contributed by atoms with van der Waals surface area (Å²) >= 11 is 0. The van der Waals surface area contributed by atoms with E-state index in [4.69, 9.17) is 10.5 Å². The maximum absolute atomic E-state index is 11.8. The zero-order chi connectivity index (χ0) is 14.8. The zero-order valence-electron chi connectivity index (χ0n) is 11.8. The van der Waals surface area contributed by atoms with E-state index >= 15 is 0 Å². The van der Waals surface area contributed by atoms with Gasteiger partial charge in [0.05, 0.1) is 7.11 Å². The first-order chi connectivity index (χ1) is 10.2. The van der Waals surface area contributed by atoms with E-state index in [1.54, 1.807) is 23.9 Å². The molecule has 0 aliphatic heterocycles. The number of benzene rings is 1. The standard InChI is InChI=1S/C16H17N3O2/c1-21-14-3-4-15-12(10-14)6-7-18(15)8-9-19-11-13(17)2-5-16(19)20/h2-7,10-11H,8-9,17H2,1H3. The van der Waals surface area contributed by atoms with Gasteiger partial charge in [0.2, 0.25) is 0 Å². The molecule has 0 spiro atoms. The fourth-order valence-corrected chi connectivity index (χ4v) is 2.44. The number of methoxy groups -OCH3 is 1. The topological polar surface area (TPSA) is 62.2 Å². The Balaban J connectivity index is 1.85. The molecule has 3 aromatic rings. The van der Waals surface area contributed by atoms with Crippen molar-refractivity contribution in [3.8, 4) is 5.75 Å². The molecule has 0 radical (unpaired) electrons. The summed E-state index contributed by atoms with van der Waals surface area (Å²) in [6.45, 7) is 1.29. The fraction of sp³-hybridized carbons (Fsp3) is 0.188. The summed E-state index contributed by atoms with van der Waals surface area (Å²) in [5.41, 5.74) is 7.39. The summed E-state index contributed by atoms with van der Waals surface area (Å²) in [5.74, 6) is 0.840. The van der Waals surface area contributed by atoms with E-state index in [9.17, 15) is 4.79 Å². The summed E-state index contributed by atoms with van der Waals surface area (Å²) < 4.78 is 8.97. The Hall–Kier alpha value is -2.69. The first-order valence-electron chi connectivity index (χ1n) is 6.76. The molecular formula is C16H17N3O2. The van der Waals surface area contributed by atoms with Crippen LogP contribution in [0.15, 0.2) is 53.6 Å². The molecule has 2 heterocycles. The predicted molar refractivity (Wildman–Crippen MR) is 83.6 cm³/mol. The highest BCUT2D eigenvalue weighted by atomic mass is 16.5. The molecule has 5 heteroatoms. The highest BCUT2D eigenvalue weighted by molar-refractivity contribution is 5.81. The van der Waals surface area contributed by atoms with Gasteiger partial charge in [-0.25, -0.2) is 0 Å². The quantitative estimate of drug-likeness (QED) is 0.797. The molecule has 0 saturated carbocycles. The summed E-state index contributed by atoms with van der Waals surface area (Å²) in [6, 6.07) is 11.1. The molecule has 1 aromatic carbocycles. The number of nitrogens with two attached hydrogens (primary N) is 1. The fourth-order valence-electron chi connectivity index (χ4n) is 2.44. The SMILES string of the molecule is COc1ccc2c(ccn2CCn2cc(N)ccc2=O)c1. The molecule has 0 aliphatic carbocycles. The lowest BCUT2D eigenvalue weighted by Crippen LogP contribution is -2.21. The monoisotopic (exact) mass is 283 g/mol. The van der Waals surface area contributed by atoms with Gasteiger partial charge in [0.25, 0.3) is 5.56 Å². The van der Waals surface area contributed by atoms with E-state index in [0.717, 1.165) is 16.7 Å². The van der Waals surface area contributed by atoms with Crippen molar-refractivity contribution in [3.63, 3.8) is 0 Å². The van der Waals surface area contributed by atoms with Crippen molar-refractivity contribution in [2.45, 2.75) is 13.1 Å². The third-order valence-corrected chi connectivity index (χ3v) is 3.57. The Kier molecular flexibility index (Phi) is 3.39. The Morgan fingerprint density at radius 2 is 1.90 bits per heavy atom. The lowest BCUT2D eigenvalue weighted by Gasteiger charge is -2.09. The van der Waals surface area contributed by atoms with Crippen LogP contribution in [-0.4, -0.2) is 16.2 Å². The normalized spacial score (nSPS) is 10.9. The Labute approximate surface area is 122 Å². The number of anilines is 1. The third-order valence-electron chi connectivity index (χ3n) is 3.57. The van der Waals surface area contributed by atoms with Gasteiger partial charge in [-0.3, -0.25) is 4.79 Å². The molecule has 5 nitrogen and oxygen atoms in total. The number of nitrogens with zero attached hydrogens (tertiary/aromatic N) is 2. The van der Waals surface area contributed by atoms with E-state index in [-0.39, 0.29) is 5.56 Å². The van der Waals surface area contributed by atoms with Crippen LogP contribution in [0.2, 0.25) is 0 Å². The van der Waals surface area contributed by atoms with Gasteiger partial charge in [-0.05, 0) is 30.3 Å². The van der Waals surface area contributed by atoms with Crippen LogP contribution in [-0.2, 0) is 13.1 Å². The van der Waals surface area contributed by atoms with Crippen molar-refractivity contribution in [3.05, 3.63) is 59.1 Å². The third kappa shape index (κ3) is 2.63. The molecule has 0 bridgehead atoms. The van der Waals surface area contributed by atoms with Crippen LogP contribution < -0.4 is 16.0 Å². The molecule has 0 amide bonds. The first-order valence-corrected chi connectivity index (χ1v) is 6.76. The summed E-state index contributed by atoms with van der Waals surface area (Å²) in [5, 5.41) is 1.12. The number of hydrogen-bond acceptors (Lipinski definition) is 3. The molecule has 0 saturated heterocycles. The van der Waals surface area contributed by atoms with Crippen LogP contribution in [0.3, 0.4) is 0 Å². The number of rotatable bonds is 4. The van der Waals surface area contributed by atoms with Gasteiger partial charge in [-0.15, -0.1) is 0 Å². The molecule has 0 fully saturated rings. The van der Waals surface area contributed by atoms with Crippen LogP contribution in [0.4, 0.5) is 5.69 Å². The minimum atomic E-state index is -0.0395. The Morgan fingerprint density at radius 3 is 2.71 bits per heavy atom. The van der Waals surface area contributed by atoms with Gasteiger partial charge in [0.1, 0.15) is 5.75 Å². The molecular weight excluding hydrogens is 266 g/mol. The van der Waals surface area contributed by atoms with E-state index in [1.807, 2.05) is 30.5 Å². The minimum absolute atomic E-state index is 0.0395. The lowest BCUT2D eigenvalue weighted by molar-refractivity contribution is 0.415. The maximum Gasteiger partial charge on any atom is 0.250 e. The van der Waals surface area contributed by atoms with E-state index in [1.165, 1.54) is 6.07 Å². The predicted octanol–water partition coefficient (Wildman–Crippen LogP) is 2.09. The molecule has 108 valence electrons. The summed E-state index contributed by atoms with van der Waals surface area (Å²) in [7, 11) is 1.66. The summed E-state index contributed by atoms with van der Waals surface area (Å²) in [4.78, 5) is 11.8. The Morgan fingerprint density at radius 1 is 1.10 bits per heavy atom. The van der Waals surface area contributed by atoms with Crippen molar-refractivity contribution < 1.29 is 4.74 Å². The minimum Gasteiger partial charge on any atom is -0.497 e. The van der Waals surface area contributed by atoms with Crippen LogP contribution in [0.1, 0.15) is 0 Å². The second-order valence-corrected chi connectivity index (χ2v) is 4.93. The highest BCUT2D eigenvalue weighted by Crippen LogP contribution is 2.21. The molecule has 2 aromatic heterocycles. The molecule has 0 unspecified atom stereocenters. The number of nitrogen functional groups attached to an aromatic ring is 1. The average molecular weight is 283 g/mol. The van der Waals surface area contributed by atoms with Crippen LogP contribution in [0.5, 0.6) is 5.75 Å². The molecule has 0 atom stereocenters. The van der Waals surface area contributed by atoms with Crippen molar-refractivity contribution in [2.24, 2.45) is 0 Å². The van der Waals surface area contributed by atoms with Gasteiger partial charge < -0.3 is 19.6 Å². The number of pyridine rings is 1. The maximum atomic E-state index is 11.8. The molecule has 3 rings (SSSR count). The van der Waals surface area contributed by atoms with Crippen molar-refractivity contribution in [1.82, 2.24) is 9.13 Å². The van der Waals surface area contributed by atoms with E-state index in [0.29, 0.717) is 18.8 Å². The number of hydrogen-bond donors (Lipinski definition) is 1. The van der Waals surface area contributed by atoms with Gasteiger partial charge in [0, 0.05) is 48.1 Å². The zero-order valence-corrected chi connectivity index (χ0v) is 11.8. The number of aromatic nitrogens is 2. The van der Waals surface area contributed by atoms with Crippen molar-refractivity contribution in [1.29, 1.82) is 0 Å². The average Bonchev–Trinajstić information content (AvgIpc) is 2.90. The van der Waals surface area contributed by atoms with Gasteiger partial charge in [0.15, 0.2) is 0 Å². The summed E-state index contributed by atoms with van der Waals surface area (Å²) in [6.07, 6.45) is 3.69. The lowest BCUT2D eigenvalue weighted by atomic mass is 10.2. The first kappa shape index (κ1) is 13.3. The smallest absolute Gasteiger partial charge is 0.250 e. The van der Waals surface area contributed by atoms with Gasteiger partial charge in [-0.1, -0.05) is 0 Å². The van der Waals surface area contributed by atoms with Crippen molar-refractivity contribution >= 4 is 16.6 Å². The van der Waals surface area contributed by atoms with Gasteiger partial charge >= 0.3 is 0 Å². The second kappa shape index (κ2) is 5.36. The number of fused-ring (bicyclic) bond motifs is 1. The number of ether oxygens (including phenoxy) is 1. The second-order valence-electron chi connectivity index (χ2n) is 4.93. The van der Waals surface area contributed by atoms with Crippen LogP contribution in [0, 0.1) is 0 Å². The largest absolute Gasteiger partial charge is 0.497 e. The van der Waals surface area contributed by atoms with E-state index in [2.05, 4.69) is 4.57 Å².